The maximum Gasteiger partial charge on any atom is 0.253 e. The Labute approximate surface area is 144 Å². The predicted molar refractivity (Wildman–Crippen MR) is 96.8 cm³/mol. The first kappa shape index (κ1) is 16.8. The summed E-state index contributed by atoms with van der Waals surface area (Å²) in [4.78, 5) is 17.3. The summed E-state index contributed by atoms with van der Waals surface area (Å²) >= 11 is 0. The van der Waals surface area contributed by atoms with E-state index in [4.69, 9.17) is 10.5 Å². The Morgan fingerprint density at radius 1 is 1.33 bits per heavy atom. The number of piperidine rings is 1. The van der Waals surface area contributed by atoms with Gasteiger partial charge in [-0.15, -0.1) is 0 Å². The van der Waals surface area contributed by atoms with Crippen LogP contribution in [0.15, 0.2) is 24.8 Å². The molecule has 2 fully saturated rings. The molecule has 1 amide bonds. The number of carbonyl (C=O) groups is 1. The van der Waals surface area contributed by atoms with Gasteiger partial charge in [0.25, 0.3) is 5.91 Å². The van der Waals surface area contributed by atoms with Crippen LogP contribution in [0.25, 0.3) is 5.57 Å². The quantitative estimate of drug-likeness (QED) is 0.680. The Hall–Kier alpha value is -2.01. The van der Waals surface area contributed by atoms with Crippen molar-refractivity contribution in [3.63, 3.8) is 0 Å². The Kier molecular flexibility index (Phi) is 4.54. The zero-order valence-electron chi connectivity index (χ0n) is 14.8. The van der Waals surface area contributed by atoms with E-state index in [0.29, 0.717) is 34.7 Å². The van der Waals surface area contributed by atoms with Crippen LogP contribution in [0.3, 0.4) is 0 Å². The fourth-order valence-electron chi connectivity index (χ4n) is 4.12. The molecule has 2 bridgehead atoms. The third kappa shape index (κ3) is 2.88. The Balaban J connectivity index is 1.75. The number of nitrogen functional groups attached to an aromatic ring is 1. The van der Waals surface area contributed by atoms with Crippen LogP contribution in [0.2, 0.25) is 0 Å². The second-order valence-electron chi connectivity index (χ2n) is 7.02. The molecule has 130 valence electrons. The maximum atomic E-state index is 12.9. The first-order valence-electron chi connectivity index (χ1n) is 8.54. The fourth-order valence-corrected chi connectivity index (χ4v) is 4.12. The second kappa shape index (κ2) is 6.48. The largest absolute Gasteiger partial charge is 0.497 e. The molecule has 5 nitrogen and oxygen atoms in total. The molecule has 2 N–H and O–H groups in total. The van der Waals surface area contributed by atoms with Gasteiger partial charge in [-0.1, -0.05) is 6.58 Å². The van der Waals surface area contributed by atoms with Gasteiger partial charge in [0.1, 0.15) is 5.75 Å². The summed E-state index contributed by atoms with van der Waals surface area (Å²) in [6.45, 7) is 4.01. The lowest BCUT2D eigenvalue weighted by Gasteiger charge is -2.40. The minimum atomic E-state index is -0.0519. The molecule has 3 rings (SSSR count). The van der Waals surface area contributed by atoms with Crippen molar-refractivity contribution < 1.29 is 9.53 Å². The van der Waals surface area contributed by atoms with Gasteiger partial charge in [-0.2, -0.15) is 0 Å². The molecule has 0 aliphatic carbocycles. The summed E-state index contributed by atoms with van der Waals surface area (Å²) < 4.78 is 5.24. The number of nitrogens with two attached hydrogens (primary N) is 1. The molecule has 24 heavy (non-hydrogen) atoms. The van der Waals surface area contributed by atoms with E-state index in [1.54, 1.807) is 25.3 Å². The van der Waals surface area contributed by atoms with Gasteiger partial charge in [0.05, 0.1) is 7.11 Å². The number of likely N-dealkylation sites (N-methyl/N-ethyl adjacent to an activating group) is 1. The number of ether oxygens (including phenoxy) is 1. The lowest BCUT2D eigenvalue weighted by Crippen LogP contribution is -2.49. The third-order valence-electron chi connectivity index (χ3n) is 5.79. The molecule has 2 aliphatic rings. The van der Waals surface area contributed by atoms with Crippen molar-refractivity contribution in [3.8, 4) is 5.75 Å². The van der Waals surface area contributed by atoms with E-state index in [-0.39, 0.29) is 11.9 Å². The maximum absolute atomic E-state index is 12.9. The molecule has 1 aromatic carbocycles. The first-order chi connectivity index (χ1) is 11.4. The molecular weight excluding hydrogens is 302 g/mol. The fraction of sp³-hybridized carbons (Fsp3) is 0.526. The highest BCUT2D eigenvalue weighted by Gasteiger charge is 2.40. The average molecular weight is 329 g/mol. The van der Waals surface area contributed by atoms with Crippen LogP contribution in [0.5, 0.6) is 5.75 Å². The summed E-state index contributed by atoms with van der Waals surface area (Å²) in [6.07, 6.45) is 4.55. The summed E-state index contributed by atoms with van der Waals surface area (Å²) in [5.74, 6) is 0.622. The molecule has 2 unspecified atom stereocenters. The smallest absolute Gasteiger partial charge is 0.253 e. The number of nitrogens with zero attached hydrogens (tertiary/aromatic N) is 2. The highest BCUT2D eigenvalue weighted by atomic mass is 16.5. The zero-order valence-corrected chi connectivity index (χ0v) is 14.8. The Morgan fingerprint density at radius 2 is 1.96 bits per heavy atom. The van der Waals surface area contributed by atoms with Crippen LogP contribution >= 0.6 is 0 Å². The molecule has 0 saturated carbocycles. The highest BCUT2D eigenvalue weighted by Crippen LogP contribution is 2.37. The molecule has 2 saturated heterocycles. The van der Waals surface area contributed by atoms with Crippen LogP contribution in [0.1, 0.15) is 31.2 Å². The zero-order chi connectivity index (χ0) is 17.4. The number of amides is 1. The van der Waals surface area contributed by atoms with Gasteiger partial charge in [0.2, 0.25) is 0 Å². The lowest BCUT2D eigenvalue weighted by molar-refractivity contribution is -0.127. The van der Waals surface area contributed by atoms with E-state index in [1.807, 2.05) is 11.9 Å². The number of benzene rings is 1. The SMILES string of the molecule is C=C(C(=O)N(C)C1CC2CCC(C1)N2C)c1cc(OC)ccc1N. The van der Waals surface area contributed by atoms with Gasteiger partial charge in [-0.25, -0.2) is 0 Å². The van der Waals surface area contributed by atoms with Gasteiger partial charge in [0.15, 0.2) is 0 Å². The van der Waals surface area contributed by atoms with Crippen molar-refractivity contribution in [2.45, 2.75) is 43.8 Å². The minimum Gasteiger partial charge on any atom is -0.497 e. The number of rotatable bonds is 4. The summed E-state index contributed by atoms with van der Waals surface area (Å²) in [5, 5.41) is 0. The van der Waals surface area contributed by atoms with E-state index >= 15 is 0 Å². The molecule has 2 atom stereocenters. The second-order valence-corrected chi connectivity index (χ2v) is 7.02. The van der Waals surface area contributed by atoms with Crippen molar-refractivity contribution in [2.24, 2.45) is 0 Å². The molecule has 0 aromatic heterocycles. The average Bonchev–Trinajstić information content (AvgIpc) is 2.80. The summed E-state index contributed by atoms with van der Waals surface area (Å²) in [6, 6.07) is 6.78. The first-order valence-corrected chi connectivity index (χ1v) is 8.54. The number of hydrogen-bond donors (Lipinski definition) is 1. The van der Waals surface area contributed by atoms with Crippen LogP contribution in [0.4, 0.5) is 5.69 Å². The van der Waals surface area contributed by atoms with Gasteiger partial charge in [0, 0.05) is 42.0 Å². The van der Waals surface area contributed by atoms with E-state index in [9.17, 15) is 4.79 Å². The Morgan fingerprint density at radius 3 is 2.54 bits per heavy atom. The third-order valence-corrected chi connectivity index (χ3v) is 5.79. The normalized spacial score (nSPS) is 26.2. The van der Waals surface area contributed by atoms with E-state index in [1.165, 1.54) is 12.8 Å². The number of fused-ring (bicyclic) bond motifs is 2. The predicted octanol–water partition coefficient (Wildman–Crippen LogP) is 2.37. The standard InChI is InChI=1S/C19H27N3O2/c1-12(17-11-16(24-4)7-8-18(17)20)19(23)22(3)15-9-13-5-6-14(10-15)21(13)2/h7-8,11,13-15H,1,5-6,9-10,20H2,2-4H3. The van der Waals surface area contributed by atoms with E-state index in [2.05, 4.69) is 18.5 Å². The Bertz CT molecular complexity index is 644. The molecule has 2 heterocycles. The molecule has 0 spiro atoms. The van der Waals surface area contributed by atoms with Crippen LogP contribution in [-0.4, -0.2) is 55.0 Å². The molecule has 5 heteroatoms. The molecular formula is C19H27N3O2. The van der Waals surface area contributed by atoms with Crippen LogP contribution < -0.4 is 10.5 Å². The highest BCUT2D eigenvalue weighted by molar-refractivity contribution is 6.20. The van der Waals surface area contributed by atoms with Crippen molar-refractivity contribution >= 4 is 17.2 Å². The van der Waals surface area contributed by atoms with Crippen molar-refractivity contribution in [1.29, 1.82) is 0 Å². The number of anilines is 1. The van der Waals surface area contributed by atoms with Crippen molar-refractivity contribution in [3.05, 3.63) is 30.3 Å². The number of carbonyl (C=O) groups excluding carboxylic acids is 1. The van der Waals surface area contributed by atoms with Crippen molar-refractivity contribution in [1.82, 2.24) is 9.80 Å². The number of hydrogen-bond acceptors (Lipinski definition) is 4. The van der Waals surface area contributed by atoms with Gasteiger partial charge in [-0.3, -0.25) is 4.79 Å². The van der Waals surface area contributed by atoms with E-state index < -0.39 is 0 Å². The van der Waals surface area contributed by atoms with Crippen LogP contribution in [0, 0.1) is 0 Å². The van der Waals surface area contributed by atoms with Gasteiger partial charge < -0.3 is 20.3 Å². The molecule has 2 aliphatic heterocycles. The molecule has 1 aromatic rings. The minimum absolute atomic E-state index is 0.0519. The van der Waals surface area contributed by atoms with Crippen molar-refractivity contribution in [2.75, 3.05) is 26.9 Å². The van der Waals surface area contributed by atoms with E-state index in [0.717, 1.165) is 12.8 Å². The monoisotopic (exact) mass is 329 g/mol. The van der Waals surface area contributed by atoms with Gasteiger partial charge in [-0.05, 0) is 50.9 Å². The number of methoxy groups -OCH3 is 1. The lowest BCUT2D eigenvalue weighted by atomic mass is 9.95. The summed E-state index contributed by atoms with van der Waals surface area (Å²) in [7, 11) is 5.69. The van der Waals surface area contributed by atoms with Gasteiger partial charge >= 0.3 is 0 Å². The topological polar surface area (TPSA) is 58.8 Å². The van der Waals surface area contributed by atoms with Crippen LogP contribution in [-0.2, 0) is 4.79 Å². The summed E-state index contributed by atoms with van der Waals surface area (Å²) in [5.41, 5.74) is 7.67. The molecule has 0 radical (unpaired) electrons.